The quantitative estimate of drug-likeness (QED) is 0.306. The van der Waals surface area contributed by atoms with Crippen molar-refractivity contribution in [2.45, 2.75) is 0 Å². The van der Waals surface area contributed by atoms with Crippen molar-refractivity contribution in [2.24, 2.45) is 0 Å². The van der Waals surface area contributed by atoms with Crippen LogP contribution in [0.2, 0.25) is 0 Å². The first-order valence-electron chi connectivity index (χ1n) is 2.21. The van der Waals surface area contributed by atoms with Crippen LogP contribution in [-0.2, 0) is 58.1 Å². The third kappa shape index (κ3) is 22.5. The molecule has 0 heterocycles. The molecule has 72 valence electrons. The molecule has 0 aromatic carbocycles. The number of carboxylic acids is 4. The van der Waals surface area contributed by atoms with Crippen LogP contribution in [0.1, 0.15) is 0 Å². The summed E-state index contributed by atoms with van der Waals surface area (Å²) in [5.41, 5.74) is 0. The second-order valence-electron chi connectivity index (χ2n) is 1.22. The van der Waals surface area contributed by atoms with E-state index in [9.17, 15) is 0 Å². The maximum absolute atomic E-state index is 9.10. The summed E-state index contributed by atoms with van der Waals surface area (Å²) in [6, 6.07) is 0. The van der Waals surface area contributed by atoms with Crippen LogP contribution < -0.4 is 0 Å². The zero-order valence-corrected chi connectivity index (χ0v) is 12.8. The van der Waals surface area contributed by atoms with Gasteiger partial charge in [0.1, 0.15) is 0 Å². The standard InChI is InChI=1S/2C2H2O4.2Zn/c2*3-1(4)2(5)6;;/h2*(H,3,4)(H,5,6);;. The average Bonchev–Trinajstić information content (AvgIpc) is 1.88. The van der Waals surface area contributed by atoms with E-state index < -0.39 is 23.9 Å². The van der Waals surface area contributed by atoms with Gasteiger partial charge in [0.15, 0.2) is 0 Å². The van der Waals surface area contributed by atoms with E-state index in [2.05, 4.69) is 0 Å². The number of carbonyl (C=O) groups is 4. The fourth-order valence-corrected chi connectivity index (χ4v) is 0. The molecule has 4 N–H and O–H groups in total. The summed E-state index contributed by atoms with van der Waals surface area (Å²) in [7, 11) is 0. The molecule has 10 heteroatoms. The molecule has 0 saturated heterocycles. The van der Waals surface area contributed by atoms with E-state index in [1.54, 1.807) is 0 Å². The van der Waals surface area contributed by atoms with Crippen molar-refractivity contribution < 1.29 is 78.6 Å². The molecule has 0 rings (SSSR count). The third-order valence-electron chi connectivity index (χ3n) is 0.366. The van der Waals surface area contributed by atoms with Crippen molar-refractivity contribution in [3.63, 3.8) is 0 Å². The van der Waals surface area contributed by atoms with Gasteiger partial charge in [-0.05, 0) is 0 Å². The van der Waals surface area contributed by atoms with E-state index in [0.717, 1.165) is 0 Å². The van der Waals surface area contributed by atoms with Gasteiger partial charge in [-0.15, -0.1) is 0 Å². The normalized spacial score (nSPS) is 6.29. The van der Waals surface area contributed by atoms with Crippen LogP contribution >= 0.6 is 0 Å². The zero-order valence-electron chi connectivity index (χ0n) is 6.84. The van der Waals surface area contributed by atoms with Gasteiger partial charge in [-0.1, -0.05) is 0 Å². The minimum absolute atomic E-state index is 0. The summed E-state index contributed by atoms with van der Waals surface area (Å²) in [5.74, 6) is -7.30. The van der Waals surface area contributed by atoms with E-state index in [4.69, 9.17) is 39.6 Å². The Morgan fingerprint density at radius 3 is 0.571 bits per heavy atom. The summed E-state index contributed by atoms with van der Waals surface area (Å²) in [4.78, 5) is 36.4. The molecule has 0 bridgehead atoms. The van der Waals surface area contributed by atoms with Crippen LogP contribution in [0.25, 0.3) is 0 Å². The van der Waals surface area contributed by atoms with E-state index in [1.807, 2.05) is 0 Å². The van der Waals surface area contributed by atoms with Crippen LogP contribution in [0.4, 0.5) is 0 Å². The molecule has 0 aromatic rings. The first-order chi connectivity index (χ1) is 5.29. The van der Waals surface area contributed by atoms with Gasteiger partial charge in [0.05, 0.1) is 0 Å². The Balaban J connectivity index is -0.0000000625. The Bertz CT molecular complexity index is 175. The third-order valence-corrected chi connectivity index (χ3v) is 0.366. The minimum Gasteiger partial charge on any atom is -0.473 e. The predicted octanol–water partition coefficient (Wildman–Crippen LogP) is -1.69. The largest absolute Gasteiger partial charge is 0.473 e. The molecule has 0 saturated carbocycles. The Hall–Kier alpha value is -0.873. The molecular formula is C4H4O8Zn2. The van der Waals surface area contributed by atoms with Gasteiger partial charge in [0.25, 0.3) is 0 Å². The topological polar surface area (TPSA) is 149 Å². The number of hydrogen-bond donors (Lipinski definition) is 4. The van der Waals surface area contributed by atoms with Crippen LogP contribution in [0.5, 0.6) is 0 Å². The first kappa shape index (κ1) is 23.2. The van der Waals surface area contributed by atoms with E-state index in [1.165, 1.54) is 0 Å². The van der Waals surface area contributed by atoms with Crippen LogP contribution in [0.3, 0.4) is 0 Å². The van der Waals surface area contributed by atoms with Crippen LogP contribution in [0, 0.1) is 0 Å². The van der Waals surface area contributed by atoms with Gasteiger partial charge in [-0.2, -0.15) is 0 Å². The molecule has 0 aliphatic carbocycles. The van der Waals surface area contributed by atoms with Gasteiger partial charge in [-0.3, -0.25) is 0 Å². The second-order valence-corrected chi connectivity index (χ2v) is 1.22. The van der Waals surface area contributed by atoms with E-state index in [0.29, 0.717) is 0 Å². The molecule has 0 spiro atoms. The minimum atomic E-state index is -1.82. The average molecular weight is 311 g/mol. The number of rotatable bonds is 0. The second kappa shape index (κ2) is 12.1. The van der Waals surface area contributed by atoms with Crippen LogP contribution in [-0.4, -0.2) is 44.3 Å². The summed E-state index contributed by atoms with van der Waals surface area (Å²) in [6.45, 7) is 0. The van der Waals surface area contributed by atoms with Crippen molar-refractivity contribution in [3.8, 4) is 0 Å². The molecule has 0 fully saturated rings. The van der Waals surface area contributed by atoms with Gasteiger partial charge in [-0.25, -0.2) is 19.2 Å². The SMILES string of the molecule is O=C(O)C(=O)O.O=C(O)C(=O)O.[Zn].[Zn]. The molecule has 0 aliphatic rings. The molecular weight excluding hydrogens is 307 g/mol. The molecule has 0 aromatic heterocycles. The van der Waals surface area contributed by atoms with Crippen molar-refractivity contribution >= 4 is 23.9 Å². The number of carboxylic acid groups (broad SMARTS) is 4. The van der Waals surface area contributed by atoms with Crippen molar-refractivity contribution in [2.75, 3.05) is 0 Å². The molecule has 14 heavy (non-hydrogen) atoms. The molecule has 0 amide bonds. The summed E-state index contributed by atoms with van der Waals surface area (Å²) < 4.78 is 0. The Labute approximate surface area is 102 Å². The molecule has 0 radical (unpaired) electrons. The number of hydrogen-bond acceptors (Lipinski definition) is 4. The van der Waals surface area contributed by atoms with E-state index >= 15 is 0 Å². The van der Waals surface area contributed by atoms with E-state index in [-0.39, 0.29) is 39.0 Å². The fraction of sp³-hybridized carbons (Fsp3) is 0. The number of aliphatic carboxylic acids is 4. The molecule has 0 unspecified atom stereocenters. The first-order valence-corrected chi connectivity index (χ1v) is 2.21. The summed E-state index contributed by atoms with van der Waals surface area (Å²) in [6.07, 6.45) is 0. The van der Waals surface area contributed by atoms with Crippen LogP contribution in [0.15, 0.2) is 0 Å². The van der Waals surface area contributed by atoms with Crippen molar-refractivity contribution in [3.05, 3.63) is 0 Å². The predicted molar refractivity (Wildman–Crippen MR) is 30.5 cm³/mol. The summed E-state index contributed by atoms with van der Waals surface area (Å²) >= 11 is 0. The fourth-order valence-electron chi connectivity index (χ4n) is 0. The zero-order chi connectivity index (χ0) is 10.3. The maximum Gasteiger partial charge on any atom is 0.414 e. The van der Waals surface area contributed by atoms with Crippen molar-refractivity contribution in [1.29, 1.82) is 0 Å². The Morgan fingerprint density at radius 1 is 0.500 bits per heavy atom. The molecule has 0 aliphatic heterocycles. The summed E-state index contributed by atoms with van der Waals surface area (Å²) in [5, 5.41) is 29.6. The monoisotopic (exact) mass is 308 g/mol. The Kier molecular flexibility index (Phi) is 20.1. The Morgan fingerprint density at radius 2 is 0.571 bits per heavy atom. The van der Waals surface area contributed by atoms with Gasteiger partial charge >= 0.3 is 23.9 Å². The molecule has 8 nitrogen and oxygen atoms in total. The van der Waals surface area contributed by atoms with Gasteiger partial charge in [0, 0.05) is 39.0 Å². The van der Waals surface area contributed by atoms with Gasteiger partial charge < -0.3 is 20.4 Å². The smallest absolute Gasteiger partial charge is 0.414 e. The maximum atomic E-state index is 9.10. The van der Waals surface area contributed by atoms with Crippen molar-refractivity contribution in [1.82, 2.24) is 0 Å². The molecule has 0 atom stereocenters. The van der Waals surface area contributed by atoms with Gasteiger partial charge in [0.2, 0.25) is 0 Å².